The minimum atomic E-state index is -0.924. The average Bonchev–Trinajstić information content (AvgIpc) is 1.75. The molecule has 0 aliphatic carbocycles. The van der Waals surface area contributed by atoms with Crippen molar-refractivity contribution in [2.45, 2.75) is 6.42 Å². The Morgan fingerprint density at radius 2 is 2.27 bits per heavy atom. The molecule has 0 unspecified atom stereocenters. The second kappa shape index (κ2) is 5.21. The highest BCUT2D eigenvalue weighted by molar-refractivity contribution is 5.85. The molecule has 0 atom stereocenters. The number of amides is 1. The summed E-state index contributed by atoms with van der Waals surface area (Å²) in [5.74, 6) is 0.687. The minimum Gasteiger partial charge on any atom is -0.465 e. The Bertz CT molecular complexity index is 128. The molecule has 1 aliphatic heterocycles. The predicted molar refractivity (Wildman–Crippen MR) is 44.3 cm³/mol. The molecule has 3 N–H and O–H groups in total. The summed E-state index contributed by atoms with van der Waals surface area (Å²) >= 11 is 0. The zero-order valence-electron chi connectivity index (χ0n) is 6.17. The molecule has 11 heavy (non-hydrogen) atoms. The van der Waals surface area contributed by atoms with Crippen molar-refractivity contribution in [1.82, 2.24) is 10.6 Å². The monoisotopic (exact) mass is 180 g/mol. The van der Waals surface area contributed by atoms with Crippen LogP contribution >= 0.6 is 12.4 Å². The van der Waals surface area contributed by atoms with Gasteiger partial charge in [0.15, 0.2) is 0 Å². The van der Waals surface area contributed by atoms with Gasteiger partial charge < -0.3 is 15.7 Å². The van der Waals surface area contributed by atoms with Gasteiger partial charge in [-0.2, -0.15) is 0 Å². The SMILES string of the molecule is Cl.O=C(O)NCCC1CNC1. The molecule has 0 radical (unpaired) electrons. The molecular formula is C6H13ClN2O2. The van der Waals surface area contributed by atoms with Crippen molar-refractivity contribution in [2.75, 3.05) is 19.6 Å². The summed E-state index contributed by atoms with van der Waals surface area (Å²) in [6.07, 6.45) is 0.0338. The van der Waals surface area contributed by atoms with E-state index in [0.717, 1.165) is 19.5 Å². The van der Waals surface area contributed by atoms with Crippen LogP contribution in [0.5, 0.6) is 0 Å². The van der Waals surface area contributed by atoms with Crippen LogP contribution in [0.3, 0.4) is 0 Å². The van der Waals surface area contributed by atoms with Gasteiger partial charge in [0.25, 0.3) is 0 Å². The number of halogens is 1. The smallest absolute Gasteiger partial charge is 0.404 e. The third kappa shape index (κ3) is 4.06. The first kappa shape index (κ1) is 10.5. The van der Waals surface area contributed by atoms with Gasteiger partial charge in [0.2, 0.25) is 0 Å². The van der Waals surface area contributed by atoms with E-state index in [2.05, 4.69) is 10.6 Å². The third-order valence-electron chi connectivity index (χ3n) is 1.69. The Kier molecular flexibility index (Phi) is 4.98. The van der Waals surface area contributed by atoms with E-state index < -0.39 is 6.09 Å². The van der Waals surface area contributed by atoms with Crippen LogP contribution in [0.4, 0.5) is 4.79 Å². The van der Waals surface area contributed by atoms with Gasteiger partial charge in [-0.1, -0.05) is 0 Å². The Hall–Kier alpha value is -0.480. The molecule has 66 valence electrons. The van der Waals surface area contributed by atoms with E-state index in [1.54, 1.807) is 0 Å². The Morgan fingerprint density at radius 3 is 2.64 bits per heavy atom. The summed E-state index contributed by atoms with van der Waals surface area (Å²) in [5.41, 5.74) is 0. The summed E-state index contributed by atoms with van der Waals surface area (Å²) in [5, 5.41) is 13.6. The molecule has 1 aliphatic rings. The molecular weight excluding hydrogens is 168 g/mol. The van der Waals surface area contributed by atoms with Crippen LogP contribution in [0.25, 0.3) is 0 Å². The lowest BCUT2D eigenvalue weighted by molar-refractivity contribution is 0.192. The molecule has 0 saturated carbocycles. The van der Waals surface area contributed by atoms with Gasteiger partial charge in [0.1, 0.15) is 0 Å². The van der Waals surface area contributed by atoms with Crippen LogP contribution in [-0.4, -0.2) is 30.8 Å². The highest BCUT2D eigenvalue weighted by atomic mass is 35.5. The van der Waals surface area contributed by atoms with Crippen LogP contribution in [-0.2, 0) is 0 Å². The summed E-state index contributed by atoms with van der Waals surface area (Å²) in [7, 11) is 0. The van der Waals surface area contributed by atoms with E-state index in [1.165, 1.54) is 0 Å². The van der Waals surface area contributed by atoms with E-state index >= 15 is 0 Å². The first-order valence-corrected chi connectivity index (χ1v) is 3.46. The second-order valence-electron chi connectivity index (χ2n) is 2.54. The van der Waals surface area contributed by atoms with Gasteiger partial charge in [-0.25, -0.2) is 4.79 Å². The highest BCUT2D eigenvalue weighted by Crippen LogP contribution is 2.05. The van der Waals surface area contributed by atoms with Gasteiger partial charge in [-0.15, -0.1) is 12.4 Å². The van der Waals surface area contributed by atoms with Crippen molar-refractivity contribution in [1.29, 1.82) is 0 Å². The molecule has 5 heteroatoms. The van der Waals surface area contributed by atoms with Crippen LogP contribution < -0.4 is 10.6 Å². The highest BCUT2D eigenvalue weighted by Gasteiger charge is 2.15. The van der Waals surface area contributed by atoms with Gasteiger partial charge in [-0.3, -0.25) is 0 Å². The first-order chi connectivity index (χ1) is 4.79. The topological polar surface area (TPSA) is 61.4 Å². The largest absolute Gasteiger partial charge is 0.465 e. The summed E-state index contributed by atoms with van der Waals surface area (Å²) in [4.78, 5) is 9.96. The predicted octanol–water partition coefficient (Wildman–Crippen LogP) is 0.285. The molecule has 1 fully saturated rings. The van der Waals surface area contributed by atoms with E-state index in [-0.39, 0.29) is 12.4 Å². The lowest BCUT2D eigenvalue weighted by atomic mass is 10.00. The van der Waals surface area contributed by atoms with Crippen LogP contribution in [0.2, 0.25) is 0 Å². The first-order valence-electron chi connectivity index (χ1n) is 3.46. The zero-order chi connectivity index (χ0) is 7.40. The van der Waals surface area contributed by atoms with Crippen molar-refractivity contribution in [2.24, 2.45) is 5.92 Å². The van der Waals surface area contributed by atoms with Crippen molar-refractivity contribution in [3.05, 3.63) is 0 Å². The number of carboxylic acid groups (broad SMARTS) is 1. The molecule has 0 aromatic heterocycles. The molecule has 0 bridgehead atoms. The van der Waals surface area contributed by atoms with Crippen LogP contribution in [0.15, 0.2) is 0 Å². The fraction of sp³-hybridized carbons (Fsp3) is 0.833. The normalized spacial score (nSPS) is 16.4. The lowest BCUT2D eigenvalue weighted by Crippen LogP contribution is -2.43. The maximum absolute atomic E-state index is 9.96. The molecule has 1 rings (SSSR count). The molecule has 1 amide bonds. The number of hydrogen-bond donors (Lipinski definition) is 3. The van der Waals surface area contributed by atoms with E-state index in [4.69, 9.17) is 5.11 Å². The zero-order valence-corrected chi connectivity index (χ0v) is 6.99. The number of hydrogen-bond acceptors (Lipinski definition) is 2. The quantitative estimate of drug-likeness (QED) is 0.585. The number of rotatable bonds is 3. The Labute approximate surface area is 71.8 Å². The molecule has 0 aromatic rings. The van der Waals surface area contributed by atoms with E-state index in [9.17, 15) is 4.79 Å². The third-order valence-corrected chi connectivity index (χ3v) is 1.69. The Balaban J connectivity index is 0.000001000. The van der Waals surface area contributed by atoms with Gasteiger partial charge in [-0.05, 0) is 25.4 Å². The molecule has 0 aromatic carbocycles. The minimum absolute atomic E-state index is 0. The number of carbonyl (C=O) groups is 1. The van der Waals surface area contributed by atoms with E-state index in [1.807, 2.05) is 0 Å². The van der Waals surface area contributed by atoms with Crippen molar-refractivity contribution in [3.8, 4) is 0 Å². The van der Waals surface area contributed by atoms with Crippen LogP contribution in [0.1, 0.15) is 6.42 Å². The van der Waals surface area contributed by atoms with E-state index in [0.29, 0.717) is 12.5 Å². The van der Waals surface area contributed by atoms with Crippen molar-refractivity contribution < 1.29 is 9.90 Å². The molecule has 4 nitrogen and oxygen atoms in total. The second-order valence-corrected chi connectivity index (χ2v) is 2.54. The Morgan fingerprint density at radius 1 is 1.64 bits per heavy atom. The van der Waals surface area contributed by atoms with Crippen LogP contribution in [0, 0.1) is 5.92 Å². The summed E-state index contributed by atoms with van der Waals surface area (Å²) < 4.78 is 0. The standard InChI is InChI=1S/C6H12N2O2.ClH/c9-6(10)8-2-1-5-3-7-4-5;/h5,7-8H,1-4H2,(H,9,10);1H. The summed E-state index contributed by atoms with van der Waals surface area (Å²) in [6.45, 7) is 2.67. The van der Waals surface area contributed by atoms with Gasteiger partial charge in [0.05, 0.1) is 0 Å². The maximum Gasteiger partial charge on any atom is 0.404 e. The fourth-order valence-electron chi connectivity index (χ4n) is 0.936. The average molecular weight is 181 g/mol. The molecule has 1 saturated heterocycles. The van der Waals surface area contributed by atoms with Gasteiger partial charge >= 0.3 is 6.09 Å². The van der Waals surface area contributed by atoms with Gasteiger partial charge in [0, 0.05) is 6.54 Å². The lowest BCUT2D eigenvalue weighted by Gasteiger charge is -2.26. The fourth-order valence-corrected chi connectivity index (χ4v) is 0.936. The molecule has 0 spiro atoms. The summed E-state index contributed by atoms with van der Waals surface area (Å²) in [6, 6.07) is 0. The number of nitrogens with one attached hydrogen (secondary N) is 2. The maximum atomic E-state index is 9.96. The van der Waals surface area contributed by atoms with Crippen molar-refractivity contribution >= 4 is 18.5 Å². The molecule has 1 heterocycles. The van der Waals surface area contributed by atoms with Crippen molar-refractivity contribution in [3.63, 3.8) is 0 Å².